The lowest BCUT2D eigenvalue weighted by molar-refractivity contribution is -0.134. The molecular weight excluding hydrogens is 304 g/mol. The number of azo groups is 1. The fourth-order valence-electron chi connectivity index (χ4n) is 2.02. The summed E-state index contributed by atoms with van der Waals surface area (Å²) in [5.41, 5.74) is 1.91. The fourth-order valence-corrected chi connectivity index (χ4v) is 2.02. The van der Waals surface area contributed by atoms with E-state index >= 15 is 0 Å². The van der Waals surface area contributed by atoms with Crippen LogP contribution in [0.5, 0.6) is 5.75 Å². The summed E-state index contributed by atoms with van der Waals surface area (Å²) in [6, 6.07) is 13.7. The van der Waals surface area contributed by atoms with Crippen molar-refractivity contribution in [3.8, 4) is 5.75 Å². The van der Waals surface area contributed by atoms with E-state index < -0.39 is 0 Å². The number of hydrogen-bond donors (Lipinski definition) is 0. The van der Waals surface area contributed by atoms with Gasteiger partial charge in [0, 0.05) is 12.0 Å². The van der Waals surface area contributed by atoms with E-state index in [0.717, 1.165) is 25.5 Å². The summed E-state index contributed by atoms with van der Waals surface area (Å²) in [7, 11) is 0. The lowest BCUT2D eigenvalue weighted by Gasteiger charge is -2.04. The summed E-state index contributed by atoms with van der Waals surface area (Å²) < 4.78 is 5.26. The third kappa shape index (κ3) is 5.76. The molecule has 0 unspecified atom stereocenters. The Bertz CT molecular complexity index is 692. The van der Waals surface area contributed by atoms with Crippen molar-refractivity contribution in [1.29, 1.82) is 0 Å². The van der Waals surface area contributed by atoms with Crippen LogP contribution < -0.4 is 4.74 Å². The molecule has 24 heavy (non-hydrogen) atoms. The molecule has 0 aliphatic rings. The predicted octanol–water partition coefficient (Wildman–Crippen LogP) is 5.40. The van der Waals surface area contributed by atoms with E-state index in [0.29, 0.717) is 29.1 Å². The molecule has 2 rings (SSSR count). The summed E-state index contributed by atoms with van der Waals surface area (Å²) in [6.07, 6.45) is 4.17. The normalized spacial score (nSPS) is 10.7. The Morgan fingerprint density at radius 3 is 2.08 bits per heavy atom. The number of hydrogen-bond acceptors (Lipinski definition) is 5. The Morgan fingerprint density at radius 2 is 1.54 bits per heavy atom. The van der Waals surface area contributed by atoms with Gasteiger partial charge in [0.1, 0.15) is 12.0 Å². The number of carbonyl (C=O) groups is 2. The van der Waals surface area contributed by atoms with Crippen molar-refractivity contribution in [2.75, 3.05) is 0 Å². The maximum Gasteiger partial charge on any atom is 0.311 e. The van der Waals surface area contributed by atoms with E-state index in [9.17, 15) is 9.59 Å². The quantitative estimate of drug-likeness (QED) is 0.215. The Balaban J connectivity index is 1.90. The molecule has 2 aromatic rings. The minimum Gasteiger partial charge on any atom is -0.427 e. The molecule has 0 aliphatic heterocycles. The zero-order valence-electron chi connectivity index (χ0n) is 13.6. The molecule has 0 amide bonds. The highest BCUT2D eigenvalue weighted by molar-refractivity contribution is 5.75. The molecule has 5 heteroatoms. The maximum atomic E-state index is 11.6. The van der Waals surface area contributed by atoms with Crippen molar-refractivity contribution in [3.63, 3.8) is 0 Å². The van der Waals surface area contributed by atoms with Crippen molar-refractivity contribution < 1.29 is 14.3 Å². The summed E-state index contributed by atoms with van der Waals surface area (Å²) in [4.78, 5) is 22.2. The van der Waals surface area contributed by atoms with Crippen molar-refractivity contribution in [3.05, 3.63) is 54.1 Å². The van der Waals surface area contributed by atoms with Crippen LogP contribution >= 0.6 is 0 Å². The molecule has 0 saturated carbocycles. The first-order valence-electron chi connectivity index (χ1n) is 7.99. The number of unbranched alkanes of at least 4 members (excludes halogenated alkanes) is 2. The average Bonchev–Trinajstić information content (AvgIpc) is 2.62. The number of esters is 1. The van der Waals surface area contributed by atoms with Crippen LogP contribution in [0.4, 0.5) is 11.4 Å². The summed E-state index contributed by atoms with van der Waals surface area (Å²) in [5.74, 6) is 0.291. The second kappa shape index (κ2) is 9.35. The van der Waals surface area contributed by atoms with Crippen LogP contribution in [0.2, 0.25) is 0 Å². The third-order valence-corrected chi connectivity index (χ3v) is 3.36. The van der Waals surface area contributed by atoms with E-state index in [1.54, 1.807) is 48.5 Å². The van der Waals surface area contributed by atoms with Gasteiger partial charge in [-0.2, -0.15) is 10.2 Å². The van der Waals surface area contributed by atoms with Gasteiger partial charge in [-0.3, -0.25) is 9.59 Å². The van der Waals surface area contributed by atoms with E-state index in [-0.39, 0.29) is 5.97 Å². The molecule has 0 radical (unpaired) electrons. The van der Waals surface area contributed by atoms with Gasteiger partial charge in [0.05, 0.1) is 11.4 Å². The van der Waals surface area contributed by atoms with Gasteiger partial charge in [0.2, 0.25) is 0 Å². The number of benzene rings is 2. The lowest BCUT2D eigenvalue weighted by Crippen LogP contribution is -2.07. The first-order valence-corrected chi connectivity index (χ1v) is 7.99. The second-order valence-corrected chi connectivity index (χ2v) is 5.33. The number of ether oxygens (including phenoxy) is 1. The molecule has 0 aromatic heterocycles. The van der Waals surface area contributed by atoms with E-state index in [1.807, 2.05) is 0 Å². The molecule has 0 fully saturated rings. The number of nitrogens with zero attached hydrogens (tertiary/aromatic N) is 2. The molecule has 0 N–H and O–H groups in total. The van der Waals surface area contributed by atoms with E-state index in [4.69, 9.17) is 4.74 Å². The SMILES string of the molecule is CCCCCC(=O)Oc1ccc(N=Nc2ccc(C=O)cc2)cc1. The zero-order chi connectivity index (χ0) is 17.2. The van der Waals surface area contributed by atoms with Crippen molar-refractivity contribution in [1.82, 2.24) is 0 Å². The monoisotopic (exact) mass is 324 g/mol. The van der Waals surface area contributed by atoms with Crippen LogP contribution in [-0.4, -0.2) is 12.3 Å². The largest absolute Gasteiger partial charge is 0.427 e. The van der Waals surface area contributed by atoms with Gasteiger partial charge in [-0.25, -0.2) is 0 Å². The van der Waals surface area contributed by atoms with Crippen molar-refractivity contribution >= 4 is 23.6 Å². The van der Waals surface area contributed by atoms with Gasteiger partial charge in [0.25, 0.3) is 0 Å². The molecule has 124 valence electrons. The molecule has 0 spiro atoms. The first-order chi connectivity index (χ1) is 11.7. The highest BCUT2D eigenvalue weighted by Crippen LogP contribution is 2.21. The molecule has 0 saturated heterocycles. The van der Waals surface area contributed by atoms with Crippen LogP contribution in [0.1, 0.15) is 43.0 Å². The minimum atomic E-state index is -0.215. The second-order valence-electron chi connectivity index (χ2n) is 5.33. The molecular formula is C19H20N2O3. The summed E-state index contributed by atoms with van der Waals surface area (Å²) >= 11 is 0. The molecule has 2 aromatic carbocycles. The standard InChI is InChI=1S/C19H20N2O3/c1-2-3-4-5-19(23)24-18-12-10-17(11-13-18)21-20-16-8-6-15(14-22)7-9-16/h6-14H,2-5H2,1H3. The van der Waals surface area contributed by atoms with Gasteiger partial charge < -0.3 is 4.74 Å². The maximum absolute atomic E-state index is 11.6. The number of carbonyl (C=O) groups excluding carboxylic acids is 2. The van der Waals surface area contributed by atoms with Crippen LogP contribution in [-0.2, 0) is 4.79 Å². The lowest BCUT2D eigenvalue weighted by atomic mass is 10.2. The highest BCUT2D eigenvalue weighted by atomic mass is 16.5. The number of rotatable bonds is 8. The molecule has 0 aliphatic carbocycles. The molecule has 0 heterocycles. The minimum absolute atomic E-state index is 0.215. The van der Waals surface area contributed by atoms with Gasteiger partial charge in [-0.15, -0.1) is 0 Å². The Hall–Kier alpha value is -2.82. The predicted molar refractivity (Wildman–Crippen MR) is 92.2 cm³/mol. The Kier molecular flexibility index (Phi) is 6.83. The van der Waals surface area contributed by atoms with Crippen LogP contribution in [0.3, 0.4) is 0 Å². The van der Waals surface area contributed by atoms with Crippen LogP contribution in [0, 0.1) is 0 Å². The topological polar surface area (TPSA) is 68.1 Å². The highest BCUT2D eigenvalue weighted by Gasteiger charge is 2.04. The third-order valence-electron chi connectivity index (χ3n) is 3.36. The Morgan fingerprint density at radius 1 is 0.958 bits per heavy atom. The van der Waals surface area contributed by atoms with E-state index in [1.165, 1.54) is 0 Å². The zero-order valence-corrected chi connectivity index (χ0v) is 13.6. The van der Waals surface area contributed by atoms with Crippen LogP contribution in [0.15, 0.2) is 58.8 Å². The van der Waals surface area contributed by atoms with Crippen molar-refractivity contribution in [2.24, 2.45) is 10.2 Å². The van der Waals surface area contributed by atoms with Crippen LogP contribution in [0.25, 0.3) is 0 Å². The van der Waals surface area contributed by atoms with E-state index in [2.05, 4.69) is 17.2 Å². The van der Waals surface area contributed by atoms with Gasteiger partial charge >= 0.3 is 5.97 Å². The van der Waals surface area contributed by atoms with Crippen molar-refractivity contribution in [2.45, 2.75) is 32.6 Å². The van der Waals surface area contributed by atoms with Gasteiger partial charge in [-0.05, 0) is 55.0 Å². The molecule has 0 bridgehead atoms. The first kappa shape index (κ1) is 17.5. The molecule has 0 atom stereocenters. The summed E-state index contributed by atoms with van der Waals surface area (Å²) in [6.45, 7) is 2.09. The smallest absolute Gasteiger partial charge is 0.311 e. The average molecular weight is 324 g/mol. The summed E-state index contributed by atoms with van der Waals surface area (Å²) in [5, 5.41) is 8.20. The fraction of sp³-hybridized carbons (Fsp3) is 0.263. The molecule has 5 nitrogen and oxygen atoms in total. The van der Waals surface area contributed by atoms with Gasteiger partial charge in [0.15, 0.2) is 0 Å². The Labute approximate surface area is 141 Å². The van der Waals surface area contributed by atoms with Gasteiger partial charge in [-0.1, -0.05) is 19.8 Å². The number of aldehydes is 1.